The van der Waals surface area contributed by atoms with Crippen molar-refractivity contribution in [1.29, 1.82) is 0 Å². The van der Waals surface area contributed by atoms with Gasteiger partial charge >= 0.3 is 0 Å². The molecule has 2 N–H and O–H groups in total. The fraction of sp³-hybridized carbons (Fsp3) is 0.800. The molecule has 1 aromatic heterocycles. The lowest BCUT2D eigenvalue weighted by atomic mass is 9.96. The molecule has 2 heterocycles. The van der Waals surface area contributed by atoms with Gasteiger partial charge in [0.2, 0.25) is 0 Å². The van der Waals surface area contributed by atoms with Crippen LogP contribution in [0.5, 0.6) is 0 Å². The second-order valence-corrected chi connectivity index (χ2v) is 6.53. The first-order chi connectivity index (χ1) is 8.55. The molecule has 1 unspecified atom stereocenters. The molecule has 102 valence electrons. The lowest BCUT2D eigenvalue weighted by molar-refractivity contribution is 0.257. The van der Waals surface area contributed by atoms with Crippen molar-refractivity contribution in [2.24, 2.45) is 18.7 Å². The highest BCUT2D eigenvalue weighted by Gasteiger charge is 2.32. The summed E-state index contributed by atoms with van der Waals surface area (Å²) >= 11 is 0. The molecule has 1 aliphatic rings. The molecule has 1 atom stereocenters. The van der Waals surface area contributed by atoms with E-state index in [1.54, 1.807) is 7.05 Å². The molecular formula is C10H19N5O2S. The van der Waals surface area contributed by atoms with Crippen molar-refractivity contribution < 1.29 is 8.42 Å². The first kappa shape index (κ1) is 13.4. The van der Waals surface area contributed by atoms with Crippen LogP contribution in [0.4, 0.5) is 0 Å². The maximum atomic E-state index is 12.4. The fourth-order valence-corrected chi connectivity index (χ4v) is 3.95. The van der Waals surface area contributed by atoms with Crippen LogP contribution in [-0.2, 0) is 17.1 Å². The molecular weight excluding hydrogens is 254 g/mol. The molecule has 1 aliphatic heterocycles. The lowest BCUT2D eigenvalue weighted by Crippen LogP contribution is -2.41. The van der Waals surface area contributed by atoms with Crippen LogP contribution in [0.2, 0.25) is 0 Å². The van der Waals surface area contributed by atoms with Crippen molar-refractivity contribution in [2.45, 2.75) is 24.3 Å². The minimum Gasteiger partial charge on any atom is -0.330 e. The standard InChI is InChI=1S/C10H19N5O2S/c1-14-10(7-12-13-14)18(16,17)15-6-2-3-9(8-15)4-5-11/h7,9H,2-6,8,11H2,1H3. The van der Waals surface area contributed by atoms with Crippen LogP contribution < -0.4 is 5.73 Å². The van der Waals surface area contributed by atoms with Gasteiger partial charge in [0.25, 0.3) is 10.0 Å². The van der Waals surface area contributed by atoms with E-state index in [2.05, 4.69) is 10.3 Å². The Bertz CT molecular complexity index is 496. The molecule has 7 nitrogen and oxygen atoms in total. The third-order valence-electron chi connectivity index (χ3n) is 3.33. The maximum Gasteiger partial charge on any atom is 0.261 e. The number of hydrogen-bond acceptors (Lipinski definition) is 5. The Kier molecular flexibility index (Phi) is 3.98. The van der Waals surface area contributed by atoms with Crippen LogP contribution >= 0.6 is 0 Å². The number of sulfonamides is 1. The molecule has 0 radical (unpaired) electrons. The monoisotopic (exact) mass is 273 g/mol. The smallest absolute Gasteiger partial charge is 0.261 e. The van der Waals surface area contributed by atoms with E-state index in [-0.39, 0.29) is 5.03 Å². The Morgan fingerprint density at radius 1 is 1.56 bits per heavy atom. The summed E-state index contributed by atoms with van der Waals surface area (Å²) < 4.78 is 27.6. The lowest BCUT2D eigenvalue weighted by Gasteiger charge is -2.31. The topological polar surface area (TPSA) is 94.1 Å². The Balaban J connectivity index is 2.18. The Labute approximate surface area is 107 Å². The molecule has 0 amide bonds. The highest BCUT2D eigenvalue weighted by Crippen LogP contribution is 2.24. The number of nitrogens with zero attached hydrogens (tertiary/aromatic N) is 4. The van der Waals surface area contributed by atoms with Gasteiger partial charge in [0.15, 0.2) is 5.03 Å². The average Bonchev–Trinajstić information content (AvgIpc) is 2.77. The van der Waals surface area contributed by atoms with Crippen LogP contribution in [-0.4, -0.2) is 47.4 Å². The summed E-state index contributed by atoms with van der Waals surface area (Å²) in [5, 5.41) is 7.45. The van der Waals surface area contributed by atoms with E-state index in [9.17, 15) is 8.42 Å². The van der Waals surface area contributed by atoms with Gasteiger partial charge in [-0.1, -0.05) is 5.21 Å². The maximum absolute atomic E-state index is 12.4. The molecule has 0 aliphatic carbocycles. The molecule has 0 aromatic carbocycles. The van der Waals surface area contributed by atoms with Crippen molar-refractivity contribution in [3.8, 4) is 0 Å². The molecule has 0 saturated carbocycles. The van der Waals surface area contributed by atoms with Gasteiger partial charge in [-0.05, 0) is 31.7 Å². The van der Waals surface area contributed by atoms with Gasteiger partial charge in [-0.15, -0.1) is 5.10 Å². The normalized spacial score (nSPS) is 22.2. The van der Waals surface area contributed by atoms with Crippen molar-refractivity contribution in [2.75, 3.05) is 19.6 Å². The van der Waals surface area contributed by atoms with E-state index in [1.807, 2.05) is 0 Å². The molecule has 2 rings (SSSR count). The first-order valence-corrected chi connectivity index (χ1v) is 7.54. The zero-order chi connectivity index (χ0) is 13.2. The summed E-state index contributed by atoms with van der Waals surface area (Å²) in [4.78, 5) is 0. The van der Waals surface area contributed by atoms with Crippen molar-refractivity contribution in [1.82, 2.24) is 19.3 Å². The van der Waals surface area contributed by atoms with Crippen LogP contribution in [0.15, 0.2) is 11.2 Å². The van der Waals surface area contributed by atoms with Gasteiger partial charge in [0.1, 0.15) is 0 Å². The van der Waals surface area contributed by atoms with Gasteiger partial charge in [-0.3, -0.25) is 0 Å². The summed E-state index contributed by atoms with van der Waals surface area (Å²) in [5.74, 6) is 0.361. The molecule has 0 bridgehead atoms. The molecule has 1 fully saturated rings. The molecule has 1 saturated heterocycles. The molecule has 0 spiro atoms. The number of rotatable bonds is 4. The van der Waals surface area contributed by atoms with E-state index < -0.39 is 10.0 Å². The fourth-order valence-electron chi connectivity index (χ4n) is 2.36. The van der Waals surface area contributed by atoms with Gasteiger partial charge in [-0.2, -0.15) is 4.31 Å². The number of hydrogen-bond donors (Lipinski definition) is 1. The Morgan fingerprint density at radius 3 is 2.94 bits per heavy atom. The highest BCUT2D eigenvalue weighted by atomic mass is 32.2. The molecule has 1 aromatic rings. The second kappa shape index (κ2) is 5.33. The van der Waals surface area contributed by atoms with Crippen LogP contribution in [0, 0.1) is 5.92 Å². The summed E-state index contributed by atoms with van der Waals surface area (Å²) in [6, 6.07) is 0. The number of nitrogens with two attached hydrogens (primary N) is 1. The van der Waals surface area contributed by atoms with E-state index in [4.69, 9.17) is 5.73 Å². The van der Waals surface area contributed by atoms with Gasteiger partial charge in [0.05, 0.1) is 6.20 Å². The average molecular weight is 273 g/mol. The van der Waals surface area contributed by atoms with Gasteiger partial charge in [0, 0.05) is 20.1 Å². The third kappa shape index (κ3) is 2.55. The first-order valence-electron chi connectivity index (χ1n) is 6.10. The summed E-state index contributed by atoms with van der Waals surface area (Å²) in [6.07, 6.45) is 4.10. The van der Waals surface area contributed by atoms with Crippen LogP contribution in [0.3, 0.4) is 0 Å². The highest BCUT2D eigenvalue weighted by molar-refractivity contribution is 7.89. The number of aromatic nitrogens is 3. The largest absolute Gasteiger partial charge is 0.330 e. The number of piperidine rings is 1. The van der Waals surface area contributed by atoms with E-state index in [1.165, 1.54) is 15.2 Å². The van der Waals surface area contributed by atoms with Crippen LogP contribution in [0.1, 0.15) is 19.3 Å². The van der Waals surface area contributed by atoms with Crippen LogP contribution in [0.25, 0.3) is 0 Å². The third-order valence-corrected chi connectivity index (χ3v) is 5.24. The van der Waals surface area contributed by atoms with Gasteiger partial charge < -0.3 is 5.73 Å². The van der Waals surface area contributed by atoms with Gasteiger partial charge in [-0.25, -0.2) is 13.1 Å². The predicted octanol–water partition coefficient (Wildman–Crippen LogP) is -0.435. The van der Waals surface area contributed by atoms with Crippen molar-refractivity contribution in [3.05, 3.63) is 6.20 Å². The minimum atomic E-state index is -3.47. The molecule has 18 heavy (non-hydrogen) atoms. The summed E-state index contributed by atoms with van der Waals surface area (Å²) in [5.41, 5.74) is 5.54. The molecule has 8 heteroatoms. The Hall–Kier alpha value is -0.990. The second-order valence-electron chi connectivity index (χ2n) is 4.64. The predicted molar refractivity (Wildman–Crippen MR) is 66.2 cm³/mol. The van der Waals surface area contributed by atoms with Crippen molar-refractivity contribution in [3.63, 3.8) is 0 Å². The Morgan fingerprint density at radius 2 is 2.33 bits per heavy atom. The summed E-state index contributed by atoms with van der Waals surface area (Å²) in [7, 11) is -1.89. The van der Waals surface area contributed by atoms with E-state index in [0.29, 0.717) is 25.6 Å². The number of aryl methyl sites for hydroxylation is 1. The zero-order valence-electron chi connectivity index (χ0n) is 10.5. The SMILES string of the molecule is Cn1nncc1S(=O)(=O)N1CCCC(CCN)C1. The minimum absolute atomic E-state index is 0.149. The van der Waals surface area contributed by atoms with E-state index >= 15 is 0 Å². The van der Waals surface area contributed by atoms with E-state index in [0.717, 1.165) is 19.3 Å². The zero-order valence-corrected chi connectivity index (χ0v) is 11.3. The van der Waals surface area contributed by atoms with Crippen molar-refractivity contribution >= 4 is 10.0 Å². The summed E-state index contributed by atoms with van der Waals surface area (Å²) in [6.45, 7) is 1.71. The quantitative estimate of drug-likeness (QED) is 0.803.